The van der Waals surface area contributed by atoms with Crippen LogP contribution in [0, 0.1) is 0 Å². The van der Waals surface area contributed by atoms with Crippen LogP contribution in [0.1, 0.15) is 12.0 Å². The highest BCUT2D eigenvalue weighted by Crippen LogP contribution is 2.20. The lowest BCUT2D eigenvalue weighted by Gasteiger charge is -2.15. The van der Waals surface area contributed by atoms with Crippen molar-refractivity contribution in [2.75, 3.05) is 5.32 Å². The molecule has 3 N–H and O–H groups in total. The van der Waals surface area contributed by atoms with Crippen LogP contribution in [-0.2, 0) is 11.2 Å². The Morgan fingerprint density at radius 1 is 1.17 bits per heavy atom. The highest BCUT2D eigenvalue weighted by molar-refractivity contribution is 5.93. The molecular formula is C9H11NO2. The van der Waals surface area contributed by atoms with E-state index in [0.29, 0.717) is 6.42 Å². The Labute approximate surface area is 70.7 Å². The van der Waals surface area contributed by atoms with Crippen molar-refractivity contribution in [3.8, 4) is 0 Å². The lowest BCUT2D eigenvalue weighted by atomic mass is 10.0. The summed E-state index contributed by atoms with van der Waals surface area (Å²) in [5, 5.41) is 2.82. The van der Waals surface area contributed by atoms with Gasteiger partial charge in [0.15, 0.2) is 0 Å². The molecule has 0 fully saturated rings. The largest absolute Gasteiger partial charge is 0.412 e. The first-order valence-corrected chi connectivity index (χ1v) is 3.74. The fourth-order valence-electron chi connectivity index (χ4n) is 1.32. The molecular weight excluding hydrogens is 154 g/mol. The highest BCUT2D eigenvalue weighted by Gasteiger charge is 2.12. The van der Waals surface area contributed by atoms with E-state index in [9.17, 15) is 4.79 Å². The maximum Gasteiger partial charge on any atom is 0.224 e. The van der Waals surface area contributed by atoms with E-state index in [0.717, 1.165) is 12.1 Å². The van der Waals surface area contributed by atoms with Crippen LogP contribution >= 0.6 is 0 Å². The smallest absolute Gasteiger partial charge is 0.224 e. The Morgan fingerprint density at radius 2 is 1.92 bits per heavy atom. The van der Waals surface area contributed by atoms with Crippen molar-refractivity contribution in [2.24, 2.45) is 0 Å². The van der Waals surface area contributed by atoms with E-state index in [4.69, 9.17) is 0 Å². The molecule has 0 atom stereocenters. The third-order valence-corrected chi connectivity index (χ3v) is 1.91. The molecule has 64 valence electrons. The van der Waals surface area contributed by atoms with Crippen LogP contribution in [0.3, 0.4) is 0 Å². The van der Waals surface area contributed by atoms with Crippen molar-refractivity contribution in [3.63, 3.8) is 0 Å². The van der Waals surface area contributed by atoms with Crippen LogP contribution in [0.15, 0.2) is 24.3 Å². The Hall–Kier alpha value is -1.35. The highest BCUT2D eigenvalue weighted by atomic mass is 16.1. The molecule has 0 bridgehead atoms. The predicted molar refractivity (Wildman–Crippen MR) is 47.0 cm³/mol. The van der Waals surface area contributed by atoms with Gasteiger partial charge in [-0.1, -0.05) is 18.2 Å². The fourth-order valence-corrected chi connectivity index (χ4v) is 1.32. The molecule has 2 rings (SSSR count). The number of carbonyl (C=O) groups is 1. The maximum atomic E-state index is 10.9. The first-order chi connectivity index (χ1) is 5.36. The summed E-state index contributed by atoms with van der Waals surface area (Å²) in [6.07, 6.45) is 1.50. The number of nitrogens with one attached hydrogen (secondary N) is 1. The molecule has 0 saturated carbocycles. The summed E-state index contributed by atoms with van der Waals surface area (Å²) < 4.78 is 0. The van der Waals surface area contributed by atoms with Gasteiger partial charge >= 0.3 is 0 Å². The number of fused-ring (bicyclic) bond motifs is 1. The zero-order valence-electron chi connectivity index (χ0n) is 6.63. The van der Waals surface area contributed by atoms with E-state index in [1.165, 1.54) is 5.56 Å². The molecule has 1 aromatic rings. The summed E-state index contributed by atoms with van der Waals surface area (Å²) >= 11 is 0. The molecule has 3 heteroatoms. The van der Waals surface area contributed by atoms with Gasteiger partial charge in [-0.05, 0) is 18.1 Å². The van der Waals surface area contributed by atoms with E-state index in [1.807, 2.05) is 18.2 Å². The van der Waals surface area contributed by atoms with Crippen LogP contribution in [-0.4, -0.2) is 11.4 Å². The number of aryl methyl sites for hydroxylation is 1. The normalized spacial score (nSPS) is 14.2. The molecule has 0 aromatic heterocycles. The molecule has 0 spiro atoms. The lowest BCUT2D eigenvalue weighted by molar-refractivity contribution is -0.116. The van der Waals surface area contributed by atoms with Crippen molar-refractivity contribution < 1.29 is 10.3 Å². The molecule has 1 amide bonds. The van der Waals surface area contributed by atoms with Gasteiger partial charge in [0.2, 0.25) is 5.91 Å². The monoisotopic (exact) mass is 165 g/mol. The van der Waals surface area contributed by atoms with Crippen molar-refractivity contribution in [1.82, 2.24) is 0 Å². The second-order valence-corrected chi connectivity index (χ2v) is 2.71. The number of carbonyl (C=O) groups excluding carboxylic acids is 1. The van der Waals surface area contributed by atoms with Gasteiger partial charge in [0.25, 0.3) is 0 Å². The summed E-state index contributed by atoms with van der Waals surface area (Å²) in [4.78, 5) is 10.9. The minimum absolute atomic E-state index is 0. The standard InChI is InChI=1S/C9H9NO.H2O/c11-9-6-5-7-3-1-2-4-8(7)10-9;/h1-4H,5-6H2,(H,10,11);1H2. The van der Waals surface area contributed by atoms with E-state index in [1.54, 1.807) is 0 Å². The molecule has 0 unspecified atom stereocenters. The first-order valence-electron chi connectivity index (χ1n) is 3.74. The number of hydrogen-bond acceptors (Lipinski definition) is 1. The lowest BCUT2D eigenvalue weighted by Crippen LogP contribution is -2.18. The molecule has 12 heavy (non-hydrogen) atoms. The van der Waals surface area contributed by atoms with Crippen LogP contribution in [0.5, 0.6) is 0 Å². The summed E-state index contributed by atoms with van der Waals surface area (Å²) in [7, 11) is 0. The Balaban J connectivity index is 0.000000720. The van der Waals surface area contributed by atoms with Crippen LogP contribution in [0.25, 0.3) is 0 Å². The molecule has 0 saturated heterocycles. The third kappa shape index (κ3) is 1.46. The SMILES string of the molecule is O.O=C1CCc2ccccc2N1. The average Bonchev–Trinajstić information content (AvgIpc) is 2.04. The number of rotatable bonds is 0. The Bertz CT molecular complexity index is 296. The number of hydrogen-bond donors (Lipinski definition) is 1. The van der Waals surface area contributed by atoms with Crippen molar-refractivity contribution >= 4 is 11.6 Å². The predicted octanol–water partition coefficient (Wildman–Crippen LogP) is 0.747. The van der Waals surface area contributed by atoms with Gasteiger partial charge in [0, 0.05) is 12.1 Å². The minimum Gasteiger partial charge on any atom is -0.412 e. The molecule has 1 heterocycles. The molecule has 1 aliphatic heterocycles. The zero-order valence-corrected chi connectivity index (χ0v) is 6.63. The maximum absolute atomic E-state index is 10.9. The van der Waals surface area contributed by atoms with Crippen LogP contribution in [0.2, 0.25) is 0 Å². The van der Waals surface area contributed by atoms with Crippen molar-refractivity contribution in [3.05, 3.63) is 29.8 Å². The third-order valence-electron chi connectivity index (χ3n) is 1.91. The average molecular weight is 165 g/mol. The second kappa shape index (κ2) is 3.36. The van der Waals surface area contributed by atoms with Gasteiger partial charge in [-0.2, -0.15) is 0 Å². The van der Waals surface area contributed by atoms with E-state index < -0.39 is 0 Å². The summed E-state index contributed by atoms with van der Waals surface area (Å²) in [6.45, 7) is 0. The van der Waals surface area contributed by atoms with E-state index >= 15 is 0 Å². The van der Waals surface area contributed by atoms with Gasteiger partial charge in [0.1, 0.15) is 0 Å². The summed E-state index contributed by atoms with van der Waals surface area (Å²) in [6, 6.07) is 7.92. The summed E-state index contributed by atoms with van der Waals surface area (Å²) in [5.41, 5.74) is 2.22. The molecule has 0 radical (unpaired) electrons. The topological polar surface area (TPSA) is 60.6 Å². The number of amides is 1. The molecule has 3 nitrogen and oxygen atoms in total. The zero-order chi connectivity index (χ0) is 7.68. The van der Waals surface area contributed by atoms with Gasteiger partial charge in [-0.25, -0.2) is 0 Å². The van der Waals surface area contributed by atoms with Gasteiger partial charge in [-0.15, -0.1) is 0 Å². The second-order valence-electron chi connectivity index (χ2n) is 2.71. The summed E-state index contributed by atoms with van der Waals surface area (Å²) in [5.74, 6) is 0.128. The van der Waals surface area contributed by atoms with Gasteiger partial charge in [-0.3, -0.25) is 4.79 Å². The van der Waals surface area contributed by atoms with Crippen molar-refractivity contribution in [2.45, 2.75) is 12.8 Å². The van der Waals surface area contributed by atoms with E-state index in [2.05, 4.69) is 11.4 Å². The van der Waals surface area contributed by atoms with E-state index in [-0.39, 0.29) is 11.4 Å². The van der Waals surface area contributed by atoms with Crippen molar-refractivity contribution in [1.29, 1.82) is 0 Å². The Kier molecular flexibility index (Phi) is 2.45. The van der Waals surface area contributed by atoms with Gasteiger partial charge in [0.05, 0.1) is 0 Å². The number of benzene rings is 1. The van der Waals surface area contributed by atoms with Crippen LogP contribution < -0.4 is 5.32 Å². The first kappa shape index (κ1) is 8.74. The number of para-hydroxylation sites is 1. The number of anilines is 1. The molecule has 1 aromatic carbocycles. The van der Waals surface area contributed by atoms with Crippen LogP contribution in [0.4, 0.5) is 5.69 Å². The minimum atomic E-state index is 0. The quantitative estimate of drug-likeness (QED) is 0.605. The van der Waals surface area contributed by atoms with Gasteiger partial charge < -0.3 is 10.8 Å². The fraction of sp³-hybridized carbons (Fsp3) is 0.222. The molecule has 1 aliphatic rings. The molecule has 0 aliphatic carbocycles. The Morgan fingerprint density at radius 3 is 2.75 bits per heavy atom.